The number of carbonyl (C=O) groups is 1. The quantitative estimate of drug-likeness (QED) is 0.686. The smallest absolute Gasteiger partial charge is 0.202 e. The van der Waals surface area contributed by atoms with E-state index in [2.05, 4.69) is 10.2 Å². The van der Waals surface area contributed by atoms with Crippen molar-refractivity contribution in [2.75, 3.05) is 0 Å². The number of benzene rings is 2. The van der Waals surface area contributed by atoms with Gasteiger partial charge in [0, 0.05) is 0 Å². The fraction of sp³-hybridized carbons (Fsp3) is 0.0625. The predicted molar refractivity (Wildman–Crippen MR) is 80.9 cm³/mol. The summed E-state index contributed by atoms with van der Waals surface area (Å²) in [6.45, 7) is 1.69. The molecule has 3 rings (SSSR count). The predicted octanol–water partition coefficient (Wildman–Crippen LogP) is 3.74. The summed E-state index contributed by atoms with van der Waals surface area (Å²) >= 11 is 6.13. The van der Waals surface area contributed by atoms with E-state index in [9.17, 15) is 13.6 Å². The van der Waals surface area contributed by atoms with E-state index in [0.29, 0.717) is 11.5 Å². The van der Waals surface area contributed by atoms with Gasteiger partial charge in [0.25, 0.3) is 0 Å². The van der Waals surface area contributed by atoms with Gasteiger partial charge in [-0.2, -0.15) is 0 Å². The summed E-state index contributed by atoms with van der Waals surface area (Å²) in [7, 11) is 0. The lowest BCUT2D eigenvalue weighted by molar-refractivity contribution is 0.103. The first-order valence-electron chi connectivity index (χ1n) is 6.65. The number of hydrogen-bond acceptors (Lipinski definition) is 3. The summed E-state index contributed by atoms with van der Waals surface area (Å²) in [6, 6.07) is 7.96. The first-order chi connectivity index (χ1) is 11.0. The minimum Gasteiger partial charge on any atom is -0.288 e. The van der Waals surface area contributed by atoms with Gasteiger partial charge in [0.2, 0.25) is 5.78 Å². The number of rotatable bonds is 3. The summed E-state index contributed by atoms with van der Waals surface area (Å²) in [6.07, 6.45) is 1.40. The molecule has 0 saturated heterocycles. The third-order valence-corrected chi connectivity index (χ3v) is 3.70. The van der Waals surface area contributed by atoms with Crippen LogP contribution in [-0.4, -0.2) is 20.5 Å². The van der Waals surface area contributed by atoms with Crippen LogP contribution in [-0.2, 0) is 0 Å². The number of nitrogens with zero attached hydrogens (tertiary/aromatic N) is 3. The van der Waals surface area contributed by atoms with Crippen molar-refractivity contribution >= 4 is 17.4 Å². The fourth-order valence-electron chi connectivity index (χ4n) is 2.31. The zero-order chi connectivity index (χ0) is 16.6. The maximum atomic E-state index is 13.9. The van der Waals surface area contributed by atoms with E-state index in [1.807, 2.05) is 0 Å². The van der Waals surface area contributed by atoms with Gasteiger partial charge in [-0.3, -0.25) is 9.36 Å². The second kappa shape index (κ2) is 5.89. The van der Waals surface area contributed by atoms with Crippen LogP contribution in [0.2, 0.25) is 5.02 Å². The Balaban J connectivity index is 2.25. The normalized spacial score (nSPS) is 10.8. The monoisotopic (exact) mass is 333 g/mol. The lowest BCUT2D eigenvalue weighted by Gasteiger charge is -2.13. The Morgan fingerprint density at radius 2 is 1.74 bits per heavy atom. The second-order valence-electron chi connectivity index (χ2n) is 4.81. The van der Waals surface area contributed by atoms with Crippen LogP contribution >= 0.6 is 11.6 Å². The van der Waals surface area contributed by atoms with E-state index in [1.165, 1.54) is 23.0 Å². The number of aryl methyl sites for hydroxylation is 1. The minimum absolute atomic E-state index is 0.0129. The van der Waals surface area contributed by atoms with Gasteiger partial charge >= 0.3 is 0 Å². The van der Waals surface area contributed by atoms with Crippen molar-refractivity contribution in [3.05, 3.63) is 76.3 Å². The topological polar surface area (TPSA) is 47.8 Å². The fourth-order valence-corrected chi connectivity index (χ4v) is 2.56. The Morgan fingerprint density at radius 1 is 1.09 bits per heavy atom. The zero-order valence-corrected chi connectivity index (χ0v) is 12.7. The van der Waals surface area contributed by atoms with Gasteiger partial charge in [-0.15, -0.1) is 10.2 Å². The highest BCUT2D eigenvalue weighted by atomic mass is 35.5. The largest absolute Gasteiger partial charge is 0.288 e. The average molecular weight is 334 g/mol. The van der Waals surface area contributed by atoms with Crippen molar-refractivity contribution in [2.45, 2.75) is 6.92 Å². The maximum Gasteiger partial charge on any atom is 0.202 e. The first-order valence-corrected chi connectivity index (χ1v) is 7.02. The highest BCUT2D eigenvalue weighted by molar-refractivity contribution is 6.35. The number of aromatic nitrogens is 3. The summed E-state index contributed by atoms with van der Waals surface area (Å²) in [5, 5.41) is 7.67. The van der Waals surface area contributed by atoms with Crippen LogP contribution in [0, 0.1) is 18.6 Å². The van der Waals surface area contributed by atoms with E-state index < -0.39 is 23.0 Å². The molecule has 0 amide bonds. The summed E-state index contributed by atoms with van der Waals surface area (Å²) in [5.74, 6) is -2.22. The SMILES string of the molecule is Cc1nncn1-c1cccc(Cl)c1C(=O)c1c(F)cccc1F. The van der Waals surface area contributed by atoms with Gasteiger partial charge in [-0.25, -0.2) is 8.78 Å². The molecule has 0 radical (unpaired) electrons. The van der Waals surface area contributed by atoms with Crippen LogP contribution in [0.3, 0.4) is 0 Å². The molecule has 0 N–H and O–H groups in total. The number of hydrogen-bond donors (Lipinski definition) is 0. The molecule has 116 valence electrons. The molecule has 0 saturated carbocycles. The average Bonchev–Trinajstić information content (AvgIpc) is 2.92. The van der Waals surface area contributed by atoms with E-state index in [0.717, 1.165) is 12.1 Å². The van der Waals surface area contributed by atoms with Crippen molar-refractivity contribution in [3.63, 3.8) is 0 Å². The van der Waals surface area contributed by atoms with Crippen LogP contribution in [0.1, 0.15) is 21.7 Å². The molecule has 3 aromatic rings. The Labute approximate surface area is 135 Å². The van der Waals surface area contributed by atoms with Crippen LogP contribution in [0.4, 0.5) is 8.78 Å². The number of halogens is 3. The molecular weight excluding hydrogens is 324 g/mol. The van der Waals surface area contributed by atoms with Gasteiger partial charge in [0.15, 0.2) is 0 Å². The molecule has 0 spiro atoms. The van der Waals surface area contributed by atoms with Crippen molar-refractivity contribution < 1.29 is 13.6 Å². The van der Waals surface area contributed by atoms with Crippen molar-refractivity contribution in [1.82, 2.24) is 14.8 Å². The lowest BCUT2D eigenvalue weighted by Crippen LogP contribution is -2.12. The van der Waals surface area contributed by atoms with E-state index in [-0.39, 0.29) is 10.6 Å². The Hall–Kier alpha value is -2.60. The molecule has 0 aliphatic heterocycles. The number of ketones is 1. The lowest BCUT2D eigenvalue weighted by atomic mass is 10.00. The van der Waals surface area contributed by atoms with E-state index >= 15 is 0 Å². The molecule has 0 aliphatic carbocycles. The molecule has 4 nitrogen and oxygen atoms in total. The molecule has 23 heavy (non-hydrogen) atoms. The summed E-state index contributed by atoms with van der Waals surface area (Å²) in [4.78, 5) is 12.7. The molecule has 0 fully saturated rings. The molecule has 7 heteroatoms. The van der Waals surface area contributed by atoms with E-state index in [1.54, 1.807) is 19.1 Å². The molecule has 1 aromatic heterocycles. The van der Waals surface area contributed by atoms with Gasteiger partial charge in [0.05, 0.1) is 21.8 Å². The molecule has 2 aromatic carbocycles. The van der Waals surface area contributed by atoms with Gasteiger partial charge in [-0.1, -0.05) is 23.7 Å². The molecule has 1 heterocycles. The van der Waals surface area contributed by atoms with Gasteiger partial charge < -0.3 is 0 Å². The molecule has 0 unspecified atom stereocenters. The standard InChI is InChI=1S/C16H10ClF2N3O/c1-9-21-20-8-22(9)13-7-2-4-10(17)14(13)16(23)15-11(18)5-3-6-12(15)19/h2-8H,1H3. The first kappa shape index (κ1) is 15.3. The third-order valence-electron chi connectivity index (χ3n) is 3.39. The Morgan fingerprint density at radius 3 is 2.35 bits per heavy atom. The summed E-state index contributed by atoms with van der Waals surface area (Å²) in [5.41, 5.74) is -0.304. The van der Waals surface area contributed by atoms with E-state index in [4.69, 9.17) is 11.6 Å². The second-order valence-corrected chi connectivity index (χ2v) is 5.22. The van der Waals surface area contributed by atoms with Crippen LogP contribution in [0.15, 0.2) is 42.7 Å². The Kier molecular flexibility index (Phi) is 3.92. The zero-order valence-electron chi connectivity index (χ0n) is 11.9. The minimum atomic E-state index is -0.943. The molecule has 0 bridgehead atoms. The van der Waals surface area contributed by atoms with Gasteiger partial charge in [0.1, 0.15) is 23.8 Å². The third kappa shape index (κ3) is 2.61. The number of carbonyl (C=O) groups excluding carboxylic acids is 1. The molecular formula is C16H10ClF2N3O. The highest BCUT2D eigenvalue weighted by Crippen LogP contribution is 2.28. The molecule has 0 aliphatic rings. The van der Waals surface area contributed by atoms with Crippen molar-refractivity contribution in [2.24, 2.45) is 0 Å². The molecule has 0 atom stereocenters. The van der Waals surface area contributed by atoms with Gasteiger partial charge in [-0.05, 0) is 31.2 Å². The van der Waals surface area contributed by atoms with Crippen LogP contribution in [0.5, 0.6) is 0 Å². The van der Waals surface area contributed by atoms with Crippen molar-refractivity contribution in [1.29, 1.82) is 0 Å². The Bertz CT molecular complexity index is 888. The van der Waals surface area contributed by atoms with Crippen molar-refractivity contribution in [3.8, 4) is 5.69 Å². The highest BCUT2D eigenvalue weighted by Gasteiger charge is 2.24. The summed E-state index contributed by atoms with van der Waals surface area (Å²) < 4.78 is 29.4. The maximum absolute atomic E-state index is 13.9. The van der Waals surface area contributed by atoms with Crippen LogP contribution < -0.4 is 0 Å². The van der Waals surface area contributed by atoms with Crippen LogP contribution in [0.25, 0.3) is 5.69 Å².